The zero-order valence-electron chi connectivity index (χ0n) is 19.5. The maximum atomic E-state index is 2.86. The molecule has 34 heavy (non-hydrogen) atoms. The van der Waals surface area contributed by atoms with Gasteiger partial charge in [-0.1, -0.05) is 146 Å². The zero-order chi connectivity index (χ0) is 23.2. The van der Waals surface area contributed by atoms with Crippen molar-refractivity contribution in [1.82, 2.24) is 0 Å². The number of nitrogens with zero attached hydrogens (tertiary/aromatic N) is 1. The van der Waals surface area contributed by atoms with Gasteiger partial charge >= 0.3 is 0 Å². The summed E-state index contributed by atoms with van der Waals surface area (Å²) in [5.41, 5.74) is 1.30. The molecule has 0 saturated carbocycles. The van der Waals surface area contributed by atoms with Crippen LogP contribution in [0.4, 0.5) is 5.69 Å². The summed E-state index contributed by atoms with van der Waals surface area (Å²) in [7, 11) is -4.29. The van der Waals surface area contributed by atoms with E-state index in [2.05, 4.69) is 162 Å². The van der Waals surface area contributed by atoms with Crippen LogP contribution in [0, 0.1) is 0 Å². The summed E-state index contributed by atoms with van der Waals surface area (Å²) in [5.74, 6) is 0. The predicted octanol–water partition coefficient (Wildman–Crippen LogP) is 4.42. The van der Waals surface area contributed by atoms with Gasteiger partial charge in [0.05, 0.1) is 0 Å². The van der Waals surface area contributed by atoms with Gasteiger partial charge in [0.2, 0.25) is 8.24 Å². The molecule has 0 aliphatic rings. The maximum Gasteiger partial charge on any atom is 0.245 e. The van der Waals surface area contributed by atoms with Crippen LogP contribution in [0.5, 0.6) is 0 Å². The monoisotopic (exact) mass is 471 g/mol. The van der Waals surface area contributed by atoms with Crippen molar-refractivity contribution in [3.05, 3.63) is 152 Å². The van der Waals surface area contributed by atoms with E-state index in [1.54, 1.807) is 0 Å². The first-order chi connectivity index (χ1) is 16.8. The molecule has 1 atom stereocenters. The predicted molar refractivity (Wildman–Crippen MR) is 152 cm³/mol. The van der Waals surface area contributed by atoms with Gasteiger partial charge in [-0.05, 0) is 32.9 Å². The second-order valence-electron chi connectivity index (χ2n) is 8.60. The van der Waals surface area contributed by atoms with Gasteiger partial charge in [-0.3, -0.25) is 0 Å². The Morgan fingerprint density at radius 2 is 0.765 bits per heavy atom. The van der Waals surface area contributed by atoms with Gasteiger partial charge in [-0.2, -0.15) is 0 Å². The molecular weight excluding hydrogens is 443 g/mol. The summed E-state index contributed by atoms with van der Waals surface area (Å²) in [6, 6.07) is 55.8. The molecule has 5 aromatic rings. The first-order valence-corrected chi connectivity index (χ1v) is 16.1. The van der Waals surface area contributed by atoms with Crippen molar-refractivity contribution >= 4 is 43.6 Å². The molecule has 3 heteroatoms. The molecule has 1 unspecified atom stereocenters. The van der Waals surface area contributed by atoms with Crippen molar-refractivity contribution in [3.63, 3.8) is 0 Å². The lowest BCUT2D eigenvalue weighted by molar-refractivity contribution is 1.45. The van der Waals surface area contributed by atoms with Crippen LogP contribution in [0.1, 0.15) is 0 Å². The first-order valence-electron chi connectivity index (χ1n) is 11.9. The van der Waals surface area contributed by atoms with E-state index in [4.69, 9.17) is 0 Å². The third kappa shape index (κ3) is 4.05. The molecule has 1 nitrogen and oxygen atoms in total. The van der Waals surface area contributed by atoms with Crippen LogP contribution < -0.4 is 25.0 Å². The highest BCUT2D eigenvalue weighted by Gasteiger charge is 2.48. The Kier molecular flexibility index (Phi) is 6.56. The molecule has 0 fully saturated rings. The molecule has 0 aliphatic carbocycles. The summed E-state index contributed by atoms with van der Waals surface area (Å²) in [6.07, 6.45) is 0. The number of para-hydroxylation sites is 1. The molecule has 5 rings (SSSR count). The van der Waals surface area contributed by atoms with Gasteiger partial charge in [0.1, 0.15) is 0 Å². The van der Waals surface area contributed by atoms with E-state index in [9.17, 15) is 0 Å². The fourth-order valence-electron chi connectivity index (χ4n) is 5.13. The zero-order valence-corrected chi connectivity index (χ0v) is 21.6. The van der Waals surface area contributed by atoms with Crippen LogP contribution in [-0.4, -0.2) is 17.2 Å². The lowest BCUT2D eigenvalue weighted by Gasteiger charge is -2.48. The Labute approximate surface area is 205 Å². The van der Waals surface area contributed by atoms with Gasteiger partial charge in [0, 0.05) is 5.69 Å². The second kappa shape index (κ2) is 10.1. The van der Waals surface area contributed by atoms with Gasteiger partial charge in [0.15, 0.2) is 8.96 Å². The SMILES string of the molecule is C[SiH](c1ccccc1)N(c1ccccc1)[Si](c1ccccc1)(c1ccccc1)c1ccccc1. The van der Waals surface area contributed by atoms with Gasteiger partial charge < -0.3 is 4.23 Å². The molecule has 0 N–H and O–H groups in total. The number of benzene rings is 5. The number of rotatable bonds is 7. The lowest BCUT2D eigenvalue weighted by atomic mass is 10.3. The minimum Gasteiger partial charge on any atom is -0.413 e. The highest BCUT2D eigenvalue weighted by Crippen LogP contribution is 2.24. The molecule has 0 saturated heterocycles. The summed E-state index contributed by atoms with van der Waals surface area (Å²) >= 11 is 0. The number of hydrogen-bond donors (Lipinski definition) is 0. The van der Waals surface area contributed by atoms with Crippen LogP contribution in [0.25, 0.3) is 0 Å². The first kappa shape index (κ1) is 22.1. The van der Waals surface area contributed by atoms with Crippen LogP contribution in [0.3, 0.4) is 0 Å². The Hall–Kier alpha value is -3.67. The van der Waals surface area contributed by atoms with Crippen LogP contribution >= 0.6 is 0 Å². The van der Waals surface area contributed by atoms with E-state index in [1.807, 2.05) is 0 Å². The van der Waals surface area contributed by atoms with Crippen LogP contribution in [0.15, 0.2) is 152 Å². The van der Waals surface area contributed by atoms with Crippen molar-refractivity contribution < 1.29 is 0 Å². The lowest BCUT2D eigenvalue weighted by Crippen LogP contribution is -2.81. The highest BCUT2D eigenvalue weighted by atomic mass is 28.4. The van der Waals surface area contributed by atoms with Gasteiger partial charge in [0.25, 0.3) is 0 Å². The summed E-state index contributed by atoms with van der Waals surface area (Å²) < 4.78 is 2.86. The molecule has 0 aromatic heterocycles. The second-order valence-corrected chi connectivity index (χ2v) is 15.3. The Morgan fingerprint density at radius 3 is 1.15 bits per heavy atom. The molecule has 0 bridgehead atoms. The molecule has 0 amide bonds. The quantitative estimate of drug-likeness (QED) is 0.251. The number of anilines is 1. The van der Waals surface area contributed by atoms with Crippen molar-refractivity contribution in [3.8, 4) is 0 Å². The fraction of sp³-hybridized carbons (Fsp3) is 0.0323. The number of hydrogen-bond acceptors (Lipinski definition) is 1. The maximum absolute atomic E-state index is 2.86. The van der Waals surface area contributed by atoms with E-state index in [0.717, 1.165) is 0 Å². The molecule has 0 radical (unpaired) electrons. The van der Waals surface area contributed by atoms with E-state index >= 15 is 0 Å². The van der Waals surface area contributed by atoms with Crippen molar-refractivity contribution in [2.24, 2.45) is 0 Å². The minimum atomic E-state index is -2.64. The summed E-state index contributed by atoms with van der Waals surface area (Å²) in [4.78, 5) is 0. The molecule has 0 aliphatic heterocycles. The normalized spacial score (nSPS) is 12.1. The third-order valence-electron chi connectivity index (χ3n) is 6.64. The van der Waals surface area contributed by atoms with E-state index in [1.165, 1.54) is 26.4 Å². The largest absolute Gasteiger partial charge is 0.413 e. The van der Waals surface area contributed by atoms with Crippen molar-refractivity contribution in [1.29, 1.82) is 0 Å². The minimum absolute atomic E-state index is 1.30. The average molecular weight is 472 g/mol. The average Bonchev–Trinajstić information content (AvgIpc) is 2.94. The van der Waals surface area contributed by atoms with Gasteiger partial charge in [-0.15, -0.1) is 0 Å². The van der Waals surface area contributed by atoms with Crippen LogP contribution in [-0.2, 0) is 0 Å². The molecular formula is C31H29NSi2. The summed E-state index contributed by atoms with van der Waals surface area (Å²) in [6.45, 7) is 2.49. The standard InChI is InChI=1S/C31H29NSi2/c1-33(28-19-9-3-10-20-28)32(27-17-7-2-8-18-27)34(29-21-11-4-12-22-29,30-23-13-5-14-24-30)31-25-15-6-16-26-31/h2-26,33H,1H3. The fourth-order valence-corrected chi connectivity index (χ4v) is 15.3. The summed E-state index contributed by atoms with van der Waals surface area (Å²) in [5, 5.41) is 5.68. The third-order valence-corrected chi connectivity index (χ3v) is 15.9. The van der Waals surface area contributed by atoms with Crippen molar-refractivity contribution in [2.75, 3.05) is 4.23 Å². The topological polar surface area (TPSA) is 3.24 Å². The smallest absolute Gasteiger partial charge is 0.245 e. The van der Waals surface area contributed by atoms with E-state index in [0.29, 0.717) is 0 Å². The van der Waals surface area contributed by atoms with Gasteiger partial charge in [-0.25, -0.2) is 0 Å². The highest BCUT2D eigenvalue weighted by molar-refractivity contribution is 7.19. The molecule has 0 heterocycles. The Balaban J connectivity index is 1.90. The molecule has 5 aromatic carbocycles. The van der Waals surface area contributed by atoms with Crippen LogP contribution in [0.2, 0.25) is 6.55 Å². The Bertz CT molecular complexity index is 1200. The molecule has 166 valence electrons. The van der Waals surface area contributed by atoms with E-state index < -0.39 is 17.2 Å². The Morgan fingerprint density at radius 1 is 0.441 bits per heavy atom. The molecule has 0 spiro atoms. The van der Waals surface area contributed by atoms with E-state index in [-0.39, 0.29) is 0 Å². The van der Waals surface area contributed by atoms with Crippen molar-refractivity contribution in [2.45, 2.75) is 6.55 Å².